The van der Waals surface area contributed by atoms with Gasteiger partial charge in [0.2, 0.25) is 5.09 Å². The van der Waals surface area contributed by atoms with E-state index >= 15 is 0 Å². The van der Waals surface area contributed by atoms with Gasteiger partial charge in [-0.2, -0.15) is 17.5 Å². The monoisotopic (exact) mass is 547 g/mol. The number of fused-ring (bicyclic) bond motifs is 1. The molecule has 1 saturated heterocycles. The number of aromatic nitrogens is 2. The van der Waals surface area contributed by atoms with E-state index in [4.69, 9.17) is 4.42 Å². The normalized spacial score (nSPS) is 16.8. The van der Waals surface area contributed by atoms with Crippen molar-refractivity contribution in [1.29, 1.82) is 0 Å². The molecule has 0 aliphatic carbocycles. The van der Waals surface area contributed by atoms with Crippen LogP contribution < -0.4 is 0 Å². The lowest BCUT2D eigenvalue weighted by Gasteiger charge is -2.21. The molecule has 1 aromatic carbocycles. The molecule has 0 amide bonds. The van der Waals surface area contributed by atoms with Crippen molar-refractivity contribution in [1.82, 2.24) is 14.3 Å². The number of ketones is 1. The highest BCUT2D eigenvalue weighted by molar-refractivity contribution is 7.89. The number of Topliss-reactive ketones (excluding diaryl/α,β-unsaturated/α-hetero) is 1. The number of aryl methyl sites for hydroxylation is 1. The maximum absolute atomic E-state index is 13.5. The van der Waals surface area contributed by atoms with Crippen molar-refractivity contribution in [3.05, 3.63) is 78.0 Å². The van der Waals surface area contributed by atoms with Crippen molar-refractivity contribution >= 4 is 26.8 Å². The van der Waals surface area contributed by atoms with Crippen LogP contribution in [-0.4, -0.2) is 41.1 Å². The van der Waals surface area contributed by atoms with Crippen LogP contribution in [-0.2, 0) is 27.4 Å². The lowest BCUT2D eigenvalue weighted by atomic mass is 10.0. The van der Waals surface area contributed by atoms with Crippen LogP contribution in [0.5, 0.6) is 0 Å². The molecule has 1 atom stereocenters. The quantitative estimate of drug-likeness (QED) is 0.288. The third-order valence-electron chi connectivity index (χ3n) is 6.43. The zero-order valence-electron chi connectivity index (χ0n) is 19.8. The highest BCUT2D eigenvalue weighted by Crippen LogP contribution is 2.32. The summed E-state index contributed by atoms with van der Waals surface area (Å²) in [5.41, 5.74) is 0.736. The van der Waals surface area contributed by atoms with Crippen molar-refractivity contribution in [3.63, 3.8) is 0 Å². The highest BCUT2D eigenvalue weighted by Gasteiger charge is 2.40. The molecule has 4 heterocycles. The number of carbonyl (C=O) groups is 1. The Morgan fingerprint density at radius 3 is 2.63 bits per heavy atom. The van der Waals surface area contributed by atoms with Crippen molar-refractivity contribution in [2.75, 3.05) is 6.54 Å². The molecule has 0 unspecified atom stereocenters. The molecular weight excluding hydrogens is 526 g/mol. The second-order valence-electron chi connectivity index (χ2n) is 8.97. The van der Waals surface area contributed by atoms with Gasteiger partial charge >= 0.3 is 6.18 Å². The fraction of sp³-hybridized carbons (Fsp3) is 0.269. The Hall–Kier alpha value is -3.64. The summed E-state index contributed by atoms with van der Waals surface area (Å²) in [5, 5.41) is -0.0379. The van der Waals surface area contributed by atoms with Gasteiger partial charge in [0.15, 0.2) is 5.78 Å². The van der Waals surface area contributed by atoms with E-state index in [1.807, 2.05) is 0 Å². The smallest absolute Gasteiger partial charge is 0.433 e. The van der Waals surface area contributed by atoms with E-state index in [-0.39, 0.29) is 35.8 Å². The van der Waals surface area contributed by atoms with Crippen molar-refractivity contribution in [2.24, 2.45) is 0 Å². The van der Waals surface area contributed by atoms with Crippen LogP contribution in [0.1, 0.15) is 30.5 Å². The zero-order valence-corrected chi connectivity index (χ0v) is 20.6. The van der Waals surface area contributed by atoms with Crippen molar-refractivity contribution in [3.8, 4) is 11.3 Å². The molecule has 3 aromatic heterocycles. The second-order valence-corrected chi connectivity index (χ2v) is 10.8. The first-order valence-corrected chi connectivity index (χ1v) is 13.2. The van der Waals surface area contributed by atoms with Crippen molar-refractivity contribution in [2.45, 2.75) is 43.0 Å². The lowest BCUT2D eigenvalue weighted by Crippen LogP contribution is -2.40. The van der Waals surface area contributed by atoms with Crippen LogP contribution in [0.4, 0.5) is 17.6 Å². The van der Waals surface area contributed by atoms with Gasteiger partial charge in [0.1, 0.15) is 17.1 Å². The molecule has 7 nitrogen and oxygen atoms in total. The fourth-order valence-corrected chi connectivity index (χ4v) is 6.15. The fourth-order valence-electron chi connectivity index (χ4n) is 4.52. The summed E-state index contributed by atoms with van der Waals surface area (Å²) in [4.78, 5) is 20.7. The first-order valence-electron chi connectivity index (χ1n) is 11.7. The Labute approximate surface area is 215 Å². The number of alkyl halides is 3. The van der Waals surface area contributed by atoms with Crippen molar-refractivity contribution < 1.29 is 35.2 Å². The molecule has 0 N–H and O–H groups in total. The van der Waals surface area contributed by atoms with Gasteiger partial charge in [0.25, 0.3) is 10.0 Å². The summed E-state index contributed by atoms with van der Waals surface area (Å²) < 4.78 is 85.0. The van der Waals surface area contributed by atoms with Gasteiger partial charge in [-0.3, -0.25) is 14.8 Å². The van der Waals surface area contributed by atoms with Crippen LogP contribution in [0.25, 0.3) is 22.2 Å². The predicted octanol–water partition coefficient (Wildman–Crippen LogP) is 5.40. The molecule has 0 spiro atoms. The van der Waals surface area contributed by atoms with Crippen LogP contribution in [0.2, 0.25) is 0 Å². The number of hydrogen-bond donors (Lipinski definition) is 0. The number of rotatable bonds is 7. The molecule has 12 heteroatoms. The van der Waals surface area contributed by atoms with Gasteiger partial charge < -0.3 is 4.42 Å². The maximum atomic E-state index is 13.5. The summed E-state index contributed by atoms with van der Waals surface area (Å²) in [6.45, 7) is 0.157. The molecule has 1 aliphatic rings. The molecule has 0 bridgehead atoms. The van der Waals surface area contributed by atoms with Crippen LogP contribution in [0, 0.1) is 5.82 Å². The summed E-state index contributed by atoms with van der Waals surface area (Å²) in [7, 11) is -4.12. The highest BCUT2D eigenvalue weighted by atomic mass is 32.2. The Kier molecular flexibility index (Phi) is 6.78. The molecule has 4 aromatic rings. The Balaban J connectivity index is 1.28. The van der Waals surface area contributed by atoms with E-state index in [0.717, 1.165) is 22.1 Å². The van der Waals surface area contributed by atoms with E-state index in [0.29, 0.717) is 29.5 Å². The maximum Gasteiger partial charge on any atom is 0.433 e. The largest absolute Gasteiger partial charge is 0.443 e. The number of hydrogen-bond acceptors (Lipinski definition) is 6. The van der Waals surface area contributed by atoms with Crippen LogP contribution in [0.15, 0.2) is 70.4 Å². The molecule has 5 rings (SSSR count). The topological polar surface area (TPSA) is 93.4 Å². The minimum absolute atomic E-state index is 0.0523. The molecule has 38 heavy (non-hydrogen) atoms. The lowest BCUT2D eigenvalue weighted by molar-refractivity contribution is -0.141. The molecule has 0 saturated carbocycles. The SMILES string of the molecule is O=C(CCc1ccnc(-c2ccc(C(F)(F)F)nc2)c1)[C@@H]1CCCN1S(=O)(=O)c1cc2cc(F)ccc2o1. The average molecular weight is 548 g/mol. The average Bonchev–Trinajstić information content (AvgIpc) is 3.55. The van der Waals surface area contributed by atoms with Crippen LogP contribution >= 0.6 is 0 Å². The minimum Gasteiger partial charge on any atom is -0.443 e. The number of pyridine rings is 2. The summed E-state index contributed by atoms with van der Waals surface area (Å²) in [6, 6.07) is 9.59. The number of sulfonamides is 1. The molecule has 198 valence electrons. The Bertz CT molecular complexity index is 1600. The molecule has 0 radical (unpaired) electrons. The van der Waals surface area contributed by atoms with Gasteiger partial charge in [-0.05, 0) is 67.3 Å². The van der Waals surface area contributed by atoms with E-state index in [1.165, 1.54) is 36.5 Å². The minimum atomic E-state index is -4.54. The van der Waals surface area contributed by atoms with E-state index in [9.17, 15) is 30.8 Å². The standard InChI is InChI=1S/C26H21F4N3O4S/c27-19-5-7-23-18(13-19)14-25(37-23)38(35,36)33-11-1-2-21(33)22(34)6-3-16-9-10-31-20(12-16)17-4-8-24(32-15-17)26(28,29)30/h4-5,7-10,12-15,21H,1-3,6,11H2/t21-/m0/s1. The summed E-state index contributed by atoms with van der Waals surface area (Å²) >= 11 is 0. The van der Waals surface area contributed by atoms with Gasteiger partial charge in [-0.25, -0.2) is 12.8 Å². The van der Waals surface area contributed by atoms with Gasteiger partial charge in [-0.15, -0.1) is 0 Å². The summed E-state index contributed by atoms with van der Waals surface area (Å²) in [6.07, 6.45) is -0.751. The number of furan rings is 1. The van der Waals surface area contributed by atoms with E-state index in [2.05, 4.69) is 9.97 Å². The predicted molar refractivity (Wildman–Crippen MR) is 129 cm³/mol. The molecule has 1 aliphatic heterocycles. The Morgan fingerprint density at radius 2 is 1.89 bits per heavy atom. The number of nitrogens with zero attached hydrogens (tertiary/aromatic N) is 3. The first kappa shape index (κ1) is 26.0. The number of halogens is 4. The third kappa shape index (κ3) is 5.18. The third-order valence-corrected chi connectivity index (χ3v) is 8.19. The molecule has 1 fully saturated rings. The molecular formula is C26H21F4N3O4S. The zero-order chi connectivity index (χ0) is 27.1. The van der Waals surface area contributed by atoms with Gasteiger partial charge in [0.05, 0.1) is 11.7 Å². The number of carbonyl (C=O) groups excluding carboxylic acids is 1. The van der Waals surface area contributed by atoms with Crippen LogP contribution in [0.3, 0.4) is 0 Å². The van der Waals surface area contributed by atoms with E-state index < -0.39 is 33.8 Å². The van der Waals surface area contributed by atoms with E-state index in [1.54, 1.807) is 12.1 Å². The second kappa shape index (κ2) is 9.91. The Morgan fingerprint density at radius 1 is 1.08 bits per heavy atom. The first-order chi connectivity index (χ1) is 18.0. The number of benzene rings is 1. The summed E-state index contributed by atoms with van der Waals surface area (Å²) in [5.74, 6) is -0.784. The van der Waals surface area contributed by atoms with Gasteiger partial charge in [-0.1, -0.05) is 0 Å². The van der Waals surface area contributed by atoms with Gasteiger partial charge in [0, 0.05) is 42.4 Å².